The van der Waals surface area contributed by atoms with Gasteiger partial charge in [-0.25, -0.2) is 4.98 Å². The van der Waals surface area contributed by atoms with Crippen LogP contribution in [0.15, 0.2) is 45.5 Å². The number of carbonyl (C=O) groups excluding carboxylic acids is 1. The molecule has 0 radical (unpaired) electrons. The predicted octanol–water partition coefficient (Wildman–Crippen LogP) is 4.83. The highest BCUT2D eigenvalue weighted by atomic mass is 32.2. The van der Waals surface area contributed by atoms with E-state index in [0.717, 1.165) is 27.4 Å². The van der Waals surface area contributed by atoms with Gasteiger partial charge in [-0.3, -0.25) is 9.36 Å². The number of ketones is 1. The minimum Gasteiger partial charge on any atom is -0.300 e. The average Bonchev–Trinajstić information content (AvgIpc) is 3.23. The van der Waals surface area contributed by atoms with Crippen LogP contribution in [0.5, 0.6) is 0 Å². The molecule has 0 saturated heterocycles. The van der Waals surface area contributed by atoms with E-state index in [0.29, 0.717) is 23.5 Å². The molecule has 0 N–H and O–H groups in total. The summed E-state index contributed by atoms with van der Waals surface area (Å²) in [4.78, 5) is 30.7. The summed E-state index contributed by atoms with van der Waals surface area (Å²) in [6.07, 6.45) is 3.06. The van der Waals surface area contributed by atoms with Gasteiger partial charge in [-0.1, -0.05) is 23.9 Å². The summed E-state index contributed by atoms with van der Waals surface area (Å²) in [6.45, 7) is 5.79. The largest absolute Gasteiger partial charge is 0.300 e. The fraction of sp³-hybridized carbons (Fsp3) is 0.278. The van der Waals surface area contributed by atoms with Crippen molar-refractivity contribution in [3.05, 3.63) is 45.9 Å². The number of hydrogen-bond donors (Lipinski definition) is 0. The van der Waals surface area contributed by atoms with Crippen molar-refractivity contribution in [3.8, 4) is 10.4 Å². The molecule has 3 aromatic heterocycles. The standard InChI is InChI=1S/C18H18N2O2S3/c1-3-8-20-17(22)15-13(14-7-5-9-23-14)11-25-16(15)19-18(20)24-10-4-6-12(2)21/h3,5,7,9,11H,1,4,6,8,10H2,2H3. The molecule has 0 amide bonds. The van der Waals surface area contributed by atoms with Gasteiger partial charge in [0, 0.05) is 34.5 Å². The van der Waals surface area contributed by atoms with Gasteiger partial charge in [-0.2, -0.15) is 0 Å². The molecule has 0 aromatic carbocycles. The van der Waals surface area contributed by atoms with Crippen LogP contribution in [0, 0.1) is 0 Å². The Bertz CT molecular complexity index is 955. The highest BCUT2D eigenvalue weighted by Crippen LogP contribution is 2.34. The zero-order valence-electron chi connectivity index (χ0n) is 13.9. The van der Waals surface area contributed by atoms with E-state index in [4.69, 9.17) is 4.98 Å². The van der Waals surface area contributed by atoms with Crippen molar-refractivity contribution < 1.29 is 4.79 Å². The van der Waals surface area contributed by atoms with Crippen molar-refractivity contribution in [1.82, 2.24) is 9.55 Å². The summed E-state index contributed by atoms with van der Waals surface area (Å²) < 4.78 is 1.68. The van der Waals surface area contributed by atoms with E-state index in [-0.39, 0.29) is 11.3 Å². The third kappa shape index (κ3) is 3.94. The Morgan fingerprint density at radius 3 is 2.96 bits per heavy atom. The lowest BCUT2D eigenvalue weighted by molar-refractivity contribution is -0.117. The molecule has 0 unspecified atom stereocenters. The molecule has 4 nitrogen and oxygen atoms in total. The molecular weight excluding hydrogens is 372 g/mol. The number of nitrogens with zero attached hydrogens (tertiary/aromatic N) is 2. The summed E-state index contributed by atoms with van der Waals surface area (Å²) in [5, 5.41) is 5.39. The van der Waals surface area contributed by atoms with Gasteiger partial charge in [0.1, 0.15) is 10.6 Å². The van der Waals surface area contributed by atoms with E-state index in [2.05, 4.69) is 6.58 Å². The van der Waals surface area contributed by atoms with Crippen LogP contribution >= 0.6 is 34.4 Å². The Balaban J connectivity index is 2.00. The van der Waals surface area contributed by atoms with E-state index in [9.17, 15) is 9.59 Å². The van der Waals surface area contributed by atoms with E-state index in [1.807, 2.05) is 22.9 Å². The number of carbonyl (C=O) groups is 1. The van der Waals surface area contributed by atoms with Crippen molar-refractivity contribution in [1.29, 1.82) is 0 Å². The normalized spacial score (nSPS) is 11.1. The zero-order valence-corrected chi connectivity index (χ0v) is 16.3. The molecule has 0 aliphatic rings. The van der Waals surface area contributed by atoms with Crippen LogP contribution in [0.25, 0.3) is 20.7 Å². The Labute approximate surface area is 158 Å². The van der Waals surface area contributed by atoms with Crippen LogP contribution in [0.1, 0.15) is 19.8 Å². The first-order valence-corrected chi connectivity index (χ1v) is 10.7. The first-order chi connectivity index (χ1) is 12.1. The van der Waals surface area contributed by atoms with Crippen molar-refractivity contribution in [2.24, 2.45) is 0 Å². The van der Waals surface area contributed by atoms with Gasteiger partial charge in [0.2, 0.25) is 0 Å². The number of thioether (sulfide) groups is 1. The van der Waals surface area contributed by atoms with Crippen LogP contribution in [-0.4, -0.2) is 21.1 Å². The molecule has 0 bridgehead atoms. The molecule has 25 heavy (non-hydrogen) atoms. The Morgan fingerprint density at radius 1 is 1.44 bits per heavy atom. The van der Waals surface area contributed by atoms with Crippen molar-refractivity contribution in [3.63, 3.8) is 0 Å². The minimum atomic E-state index is -0.0244. The molecular formula is C18H18N2O2S3. The number of hydrogen-bond acceptors (Lipinski definition) is 6. The van der Waals surface area contributed by atoms with Crippen LogP contribution < -0.4 is 5.56 Å². The Kier molecular flexibility index (Phi) is 5.88. The van der Waals surface area contributed by atoms with Crippen LogP contribution in [0.2, 0.25) is 0 Å². The lowest BCUT2D eigenvalue weighted by Crippen LogP contribution is -2.22. The van der Waals surface area contributed by atoms with Crippen molar-refractivity contribution >= 4 is 50.4 Å². The molecule has 7 heteroatoms. The molecule has 3 rings (SSSR count). The Hall–Kier alpha value is -1.70. The summed E-state index contributed by atoms with van der Waals surface area (Å²) in [6, 6.07) is 4.01. The smallest absolute Gasteiger partial charge is 0.263 e. The van der Waals surface area contributed by atoms with Crippen molar-refractivity contribution in [2.75, 3.05) is 5.75 Å². The molecule has 0 aliphatic heterocycles. The topological polar surface area (TPSA) is 52.0 Å². The molecule has 0 aliphatic carbocycles. The number of aromatic nitrogens is 2. The van der Waals surface area contributed by atoms with Gasteiger partial charge in [-0.05, 0) is 24.8 Å². The van der Waals surface area contributed by atoms with Gasteiger partial charge < -0.3 is 4.79 Å². The highest BCUT2D eigenvalue weighted by molar-refractivity contribution is 7.99. The molecule has 130 valence electrons. The summed E-state index contributed by atoms with van der Waals surface area (Å²) in [5.41, 5.74) is 0.932. The first kappa shape index (κ1) is 18.1. The van der Waals surface area contributed by atoms with Gasteiger partial charge >= 0.3 is 0 Å². The van der Waals surface area contributed by atoms with Crippen LogP contribution in [-0.2, 0) is 11.3 Å². The molecule has 0 saturated carbocycles. The second kappa shape index (κ2) is 8.12. The second-order valence-electron chi connectivity index (χ2n) is 5.56. The fourth-order valence-electron chi connectivity index (χ4n) is 2.50. The van der Waals surface area contributed by atoms with E-state index < -0.39 is 0 Å². The monoisotopic (exact) mass is 390 g/mol. The maximum atomic E-state index is 13.1. The van der Waals surface area contributed by atoms with Gasteiger partial charge in [-0.15, -0.1) is 29.3 Å². The predicted molar refractivity (Wildman–Crippen MR) is 108 cm³/mol. The second-order valence-corrected chi connectivity index (χ2v) is 8.43. The number of Topliss-reactive ketones (excluding diaryl/α,β-unsaturated/α-hetero) is 1. The van der Waals surface area contributed by atoms with Crippen LogP contribution in [0.3, 0.4) is 0 Å². The summed E-state index contributed by atoms with van der Waals surface area (Å²) in [5.74, 6) is 0.948. The third-order valence-corrected chi connectivity index (χ3v) is 6.50. The van der Waals surface area contributed by atoms with E-state index in [1.54, 1.807) is 28.9 Å². The molecule has 3 heterocycles. The first-order valence-electron chi connectivity index (χ1n) is 7.91. The maximum absolute atomic E-state index is 13.1. The quantitative estimate of drug-likeness (QED) is 0.239. The minimum absolute atomic E-state index is 0.0244. The average molecular weight is 391 g/mol. The SMILES string of the molecule is C=CCn1c(SCCCC(C)=O)nc2scc(-c3cccs3)c2c1=O. The lowest BCUT2D eigenvalue weighted by Gasteiger charge is -2.10. The molecule has 0 atom stereocenters. The fourth-order valence-corrected chi connectivity index (χ4v) is 5.25. The molecule has 0 spiro atoms. The van der Waals surface area contributed by atoms with Gasteiger partial charge in [0.15, 0.2) is 5.16 Å². The number of thiophene rings is 2. The molecule has 0 fully saturated rings. The Morgan fingerprint density at radius 2 is 2.28 bits per heavy atom. The summed E-state index contributed by atoms with van der Waals surface area (Å²) in [7, 11) is 0. The number of rotatable bonds is 8. The van der Waals surface area contributed by atoms with Crippen molar-refractivity contribution in [2.45, 2.75) is 31.5 Å². The number of allylic oxidation sites excluding steroid dienone is 1. The molecule has 3 aromatic rings. The maximum Gasteiger partial charge on any atom is 0.263 e. The van der Waals surface area contributed by atoms with E-state index in [1.165, 1.54) is 23.1 Å². The van der Waals surface area contributed by atoms with Gasteiger partial charge in [0.25, 0.3) is 5.56 Å². The number of fused-ring (bicyclic) bond motifs is 1. The highest BCUT2D eigenvalue weighted by Gasteiger charge is 2.17. The lowest BCUT2D eigenvalue weighted by atomic mass is 10.2. The van der Waals surface area contributed by atoms with E-state index >= 15 is 0 Å². The zero-order chi connectivity index (χ0) is 17.8. The van der Waals surface area contributed by atoms with Crippen LogP contribution in [0.4, 0.5) is 0 Å². The summed E-state index contributed by atoms with van der Waals surface area (Å²) >= 11 is 4.65. The third-order valence-electron chi connectivity index (χ3n) is 3.66. The van der Waals surface area contributed by atoms with Gasteiger partial charge in [0.05, 0.1) is 5.39 Å².